The summed E-state index contributed by atoms with van der Waals surface area (Å²) in [6.07, 6.45) is 1.25. The highest BCUT2D eigenvalue weighted by molar-refractivity contribution is 5.46. The summed E-state index contributed by atoms with van der Waals surface area (Å²) < 4.78 is 10.2. The van der Waals surface area contributed by atoms with Gasteiger partial charge in [-0.3, -0.25) is 0 Å². The van der Waals surface area contributed by atoms with Gasteiger partial charge in [-0.2, -0.15) is 4.98 Å². The van der Waals surface area contributed by atoms with Gasteiger partial charge in [0.2, 0.25) is 5.82 Å². The molecule has 90 valence electrons. The molecule has 7 nitrogen and oxygen atoms in total. The lowest BCUT2D eigenvalue weighted by atomic mass is 10.3. The van der Waals surface area contributed by atoms with Crippen LogP contribution in [0.5, 0.6) is 0 Å². The first-order valence-electron chi connectivity index (χ1n) is 5.11. The van der Waals surface area contributed by atoms with Crippen molar-refractivity contribution in [1.29, 1.82) is 0 Å². The van der Waals surface area contributed by atoms with Gasteiger partial charge in [-0.05, 0) is 13.0 Å². The number of nitrogens with zero attached hydrogens (tertiary/aromatic N) is 4. The number of ether oxygens (including phenoxy) is 1. The first-order chi connectivity index (χ1) is 8.24. The van der Waals surface area contributed by atoms with Crippen molar-refractivity contribution in [3.8, 4) is 11.5 Å². The van der Waals surface area contributed by atoms with Crippen LogP contribution in [-0.2, 0) is 4.74 Å². The van der Waals surface area contributed by atoms with Gasteiger partial charge in [0.05, 0.1) is 0 Å². The van der Waals surface area contributed by atoms with Crippen LogP contribution < -0.4 is 5.73 Å². The number of aromatic nitrogens is 4. The number of methoxy groups -OCH3 is 1. The molecular weight excluding hydrogens is 222 g/mol. The van der Waals surface area contributed by atoms with Crippen molar-refractivity contribution in [2.45, 2.75) is 13.0 Å². The molecule has 0 aliphatic carbocycles. The van der Waals surface area contributed by atoms with Gasteiger partial charge in [0.15, 0.2) is 0 Å². The Morgan fingerprint density at radius 2 is 2.29 bits per heavy atom. The summed E-state index contributed by atoms with van der Waals surface area (Å²) in [5.41, 5.74) is 6.12. The van der Waals surface area contributed by atoms with Crippen molar-refractivity contribution in [2.75, 3.05) is 13.7 Å². The minimum absolute atomic E-state index is 0.279. The van der Waals surface area contributed by atoms with Crippen molar-refractivity contribution in [3.05, 3.63) is 24.0 Å². The smallest absolute Gasteiger partial charge is 0.257 e. The Bertz CT molecular complexity index is 495. The van der Waals surface area contributed by atoms with Crippen molar-refractivity contribution in [1.82, 2.24) is 20.1 Å². The van der Waals surface area contributed by atoms with Crippen LogP contribution >= 0.6 is 0 Å². The van der Waals surface area contributed by atoms with Crippen LogP contribution in [0.2, 0.25) is 0 Å². The molecule has 0 fully saturated rings. The number of nitrogens with two attached hydrogens (primary N) is 1. The fraction of sp³-hybridized carbons (Fsp3) is 0.400. The molecule has 0 amide bonds. The summed E-state index contributed by atoms with van der Waals surface area (Å²) in [5, 5.41) is 3.83. The molecule has 0 radical (unpaired) electrons. The molecule has 0 aliphatic heterocycles. The SMILES string of the molecule is COC(CN)c1nc(-c2ccnc(C)n2)no1. The van der Waals surface area contributed by atoms with Gasteiger partial charge in [0.25, 0.3) is 5.89 Å². The van der Waals surface area contributed by atoms with Gasteiger partial charge in [0.1, 0.15) is 17.6 Å². The van der Waals surface area contributed by atoms with E-state index in [1.807, 2.05) is 0 Å². The van der Waals surface area contributed by atoms with Gasteiger partial charge < -0.3 is 15.0 Å². The molecule has 1 atom stereocenters. The number of hydrogen-bond acceptors (Lipinski definition) is 7. The number of aryl methyl sites for hydroxylation is 1. The van der Waals surface area contributed by atoms with E-state index in [9.17, 15) is 0 Å². The van der Waals surface area contributed by atoms with Gasteiger partial charge in [0, 0.05) is 19.9 Å². The molecular formula is C10H13N5O2. The fourth-order valence-corrected chi connectivity index (χ4v) is 1.35. The second kappa shape index (κ2) is 4.98. The van der Waals surface area contributed by atoms with Gasteiger partial charge in [-0.15, -0.1) is 0 Å². The lowest BCUT2D eigenvalue weighted by Gasteiger charge is -2.05. The van der Waals surface area contributed by atoms with Crippen molar-refractivity contribution in [3.63, 3.8) is 0 Å². The number of hydrogen-bond donors (Lipinski definition) is 1. The molecule has 2 aromatic rings. The molecule has 0 saturated heterocycles. The molecule has 1 unspecified atom stereocenters. The van der Waals surface area contributed by atoms with Crippen molar-refractivity contribution >= 4 is 0 Å². The standard InChI is InChI=1S/C10H13N5O2/c1-6-12-4-3-7(13-6)9-14-10(17-15-9)8(5-11)16-2/h3-4,8H,5,11H2,1-2H3. The summed E-state index contributed by atoms with van der Waals surface area (Å²) in [5.74, 6) is 1.40. The normalized spacial score (nSPS) is 12.6. The average molecular weight is 235 g/mol. The molecule has 2 rings (SSSR count). The molecule has 17 heavy (non-hydrogen) atoms. The number of rotatable bonds is 4. The van der Waals surface area contributed by atoms with Gasteiger partial charge >= 0.3 is 0 Å². The first kappa shape index (κ1) is 11.6. The Hall–Kier alpha value is -1.86. The lowest BCUT2D eigenvalue weighted by molar-refractivity contribution is 0.0804. The van der Waals surface area contributed by atoms with Crippen LogP contribution in [0.15, 0.2) is 16.8 Å². The average Bonchev–Trinajstić information content (AvgIpc) is 2.80. The third-order valence-electron chi connectivity index (χ3n) is 2.22. The third-order valence-corrected chi connectivity index (χ3v) is 2.22. The van der Waals surface area contributed by atoms with Crippen LogP contribution in [0.25, 0.3) is 11.5 Å². The van der Waals surface area contributed by atoms with E-state index in [-0.39, 0.29) is 12.6 Å². The Balaban J connectivity index is 2.29. The minimum atomic E-state index is -0.390. The second-order valence-electron chi connectivity index (χ2n) is 3.41. The highest BCUT2D eigenvalue weighted by atomic mass is 16.5. The molecule has 2 N–H and O–H groups in total. The van der Waals surface area contributed by atoms with E-state index < -0.39 is 0 Å². The van der Waals surface area contributed by atoms with E-state index in [1.54, 1.807) is 19.2 Å². The van der Waals surface area contributed by atoms with Crippen molar-refractivity contribution < 1.29 is 9.26 Å². The Labute approximate surface area is 98.0 Å². The van der Waals surface area contributed by atoms with E-state index in [0.717, 1.165) is 0 Å². The van der Waals surface area contributed by atoms with E-state index >= 15 is 0 Å². The van der Waals surface area contributed by atoms with Crippen LogP contribution in [0, 0.1) is 6.92 Å². The molecule has 0 saturated carbocycles. The van der Waals surface area contributed by atoms with Crippen LogP contribution in [0.4, 0.5) is 0 Å². The minimum Gasteiger partial charge on any atom is -0.370 e. The molecule has 0 aromatic carbocycles. The topological polar surface area (TPSA) is 100.0 Å². The molecule has 0 aliphatic rings. The monoisotopic (exact) mass is 235 g/mol. The van der Waals surface area contributed by atoms with E-state index in [4.69, 9.17) is 15.0 Å². The summed E-state index contributed by atoms with van der Waals surface area (Å²) in [6, 6.07) is 1.71. The first-order valence-corrected chi connectivity index (χ1v) is 5.11. The van der Waals surface area contributed by atoms with E-state index in [0.29, 0.717) is 23.2 Å². The van der Waals surface area contributed by atoms with Crippen LogP contribution in [0.1, 0.15) is 17.8 Å². The maximum absolute atomic E-state index is 5.51. The molecule has 7 heteroatoms. The van der Waals surface area contributed by atoms with E-state index in [1.165, 1.54) is 7.11 Å². The Kier molecular flexibility index (Phi) is 3.40. The van der Waals surface area contributed by atoms with Gasteiger partial charge in [-0.1, -0.05) is 5.16 Å². The molecule has 2 aromatic heterocycles. The lowest BCUT2D eigenvalue weighted by Crippen LogP contribution is -2.14. The third kappa shape index (κ3) is 2.45. The summed E-state index contributed by atoms with van der Waals surface area (Å²) in [4.78, 5) is 12.4. The molecule has 0 bridgehead atoms. The second-order valence-corrected chi connectivity index (χ2v) is 3.41. The fourth-order valence-electron chi connectivity index (χ4n) is 1.35. The highest BCUT2D eigenvalue weighted by Crippen LogP contribution is 2.17. The quantitative estimate of drug-likeness (QED) is 0.822. The molecule has 2 heterocycles. The van der Waals surface area contributed by atoms with Crippen LogP contribution in [0.3, 0.4) is 0 Å². The summed E-state index contributed by atoms with van der Waals surface area (Å²) >= 11 is 0. The zero-order chi connectivity index (χ0) is 12.3. The van der Waals surface area contributed by atoms with Crippen molar-refractivity contribution in [2.24, 2.45) is 5.73 Å². The summed E-state index contributed by atoms with van der Waals surface area (Å²) in [7, 11) is 1.54. The van der Waals surface area contributed by atoms with Crippen LogP contribution in [-0.4, -0.2) is 33.8 Å². The Morgan fingerprint density at radius 3 is 2.94 bits per heavy atom. The highest BCUT2D eigenvalue weighted by Gasteiger charge is 2.18. The summed E-state index contributed by atoms with van der Waals surface area (Å²) in [6.45, 7) is 2.07. The van der Waals surface area contributed by atoms with E-state index in [2.05, 4.69) is 20.1 Å². The Morgan fingerprint density at radius 1 is 1.47 bits per heavy atom. The molecule has 0 spiro atoms. The maximum atomic E-state index is 5.51. The zero-order valence-corrected chi connectivity index (χ0v) is 9.62. The maximum Gasteiger partial charge on any atom is 0.257 e. The predicted octanol–water partition coefficient (Wildman–Crippen LogP) is 0.481. The largest absolute Gasteiger partial charge is 0.370 e. The predicted molar refractivity (Wildman–Crippen MR) is 58.9 cm³/mol. The zero-order valence-electron chi connectivity index (χ0n) is 9.62. The van der Waals surface area contributed by atoms with Gasteiger partial charge in [-0.25, -0.2) is 9.97 Å².